The first-order valence-electron chi connectivity index (χ1n) is 6.32. The second-order valence-electron chi connectivity index (χ2n) is 4.75. The van der Waals surface area contributed by atoms with E-state index in [4.69, 9.17) is 21.1 Å². The fourth-order valence-electron chi connectivity index (χ4n) is 2.10. The number of aliphatic hydroxyl groups excluding tert-OH is 1. The predicted octanol–water partition coefficient (Wildman–Crippen LogP) is 2.99. The van der Waals surface area contributed by atoms with Crippen LogP contribution in [0.3, 0.4) is 0 Å². The number of aliphatic hydroxyl groups is 1. The van der Waals surface area contributed by atoms with Crippen LogP contribution in [0, 0.1) is 0 Å². The Labute approximate surface area is 116 Å². The van der Waals surface area contributed by atoms with Crippen LogP contribution in [0.1, 0.15) is 24.2 Å². The van der Waals surface area contributed by atoms with Crippen molar-refractivity contribution in [3.8, 4) is 0 Å². The van der Waals surface area contributed by atoms with Gasteiger partial charge in [-0.25, -0.2) is 4.98 Å². The molecule has 100 valence electrons. The number of furan rings is 1. The number of hydrogen-bond acceptors (Lipinski definition) is 4. The Balaban J connectivity index is 1.87. The molecule has 3 rings (SSSR count). The average molecular weight is 279 g/mol. The Morgan fingerprint density at radius 3 is 2.89 bits per heavy atom. The predicted molar refractivity (Wildman–Crippen MR) is 73.1 cm³/mol. The summed E-state index contributed by atoms with van der Waals surface area (Å²) in [4.78, 5) is 6.55. The van der Waals surface area contributed by atoms with Crippen LogP contribution in [0.15, 0.2) is 35.1 Å². The van der Waals surface area contributed by atoms with Crippen LogP contribution in [-0.2, 0) is 13.2 Å². The molecule has 0 aromatic carbocycles. The van der Waals surface area contributed by atoms with Crippen molar-refractivity contribution in [3.05, 3.63) is 47.0 Å². The molecular weight excluding hydrogens is 264 g/mol. The lowest BCUT2D eigenvalue weighted by atomic mass is 10.3. The van der Waals surface area contributed by atoms with Gasteiger partial charge in [-0.3, -0.25) is 0 Å². The standard InChI is InChI=1S/C14H15ClN2O2/c15-13-6-10(9-18)7-16-14(13)17(11-3-4-11)8-12-2-1-5-19-12/h1-2,5-7,11,18H,3-4,8-9H2. The maximum Gasteiger partial charge on any atom is 0.148 e. The van der Waals surface area contributed by atoms with Crippen molar-refractivity contribution >= 4 is 17.4 Å². The summed E-state index contributed by atoms with van der Waals surface area (Å²) in [7, 11) is 0. The Morgan fingerprint density at radius 2 is 2.32 bits per heavy atom. The van der Waals surface area contributed by atoms with Gasteiger partial charge < -0.3 is 14.4 Å². The van der Waals surface area contributed by atoms with Crippen LogP contribution in [-0.4, -0.2) is 16.1 Å². The normalized spacial score (nSPS) is 14.6. The third-order valence-electron chi connectivity index (χ3n) is 3.23. The van der Waals surface area contributed by atoms with Gasteiger partial charge in [0, 0.05) is 12.2 Å². The van der Waals surface area contributed by atoms with Crippen LogP contribution in [0.2, 0.25) is 5.02 Å². The fraction of sp³-hybridized carbons (Fsp3) is 0.357. The number of pyridine rings is 1. The second-order valence-corrected chi connectivity index (χ2v) is 5.15. The van der Waals surface area contributed by atoms with Crippen LogP contribution in [0.25, 0.3) is 0 Å². The summed E-state index contributed by atoms with van der Waals surface area (Å²) in [6, 6.07) is 6.08. The third kappa shape index (κ3) is 2.74. The molecule has 1 saturated carbocycles. The minimum atomic E-state index is -0.0470. The zero-order valence-corrected chi connectivity index (χ0v) is 11.2. The van der Waals surface area contributed by atoms with Gasteiger partial charge in [0.05, 0.1) is 24.4 Å². The molecule has 2 aromatic heterocycles. The van der Waals surface area contributed by atoms with Gasteiger partial charge in [0.2, 0.25) is 0 Å². The average Bonchev–Trinajstić information content (AvgIpc) is 3.14. The highest BCUT2D eigenvalue weighted by atomic mass is 35.5. The lowest BCUT2D eigenvalue weighted by molar-refractivity contribution is 0.281. The molecule has 0 spiro atoms. The molecule has 0 unspecified atom stereocenters. The van der Waals surface area contributed by atoms with Gasteiger partial charge >= 0.3 is 0 Å². The van der Waals surface area contributed by atoms with E-state index in [0.29, 0.717) is 17.6 Å². The Hall–Kier alpha value is -1.52. The maximum absolute atomic E-state index is 9.09. The minimum absolute atomic E-state index is 0.0470. The van der Waals surface area contributed by atoms with E-state index in [9.17, 15) is 0 Å². The first-order chi connectivity index (χ1) is 9.28. The maximum atomic E-state index is 9.09. The summed E-state index contributed by atoms with van der Waals surface area (Å²) in [6.07, 6.45) is 5.64. The molecule has 1 aliphatic carbocycles. The number of nitrogens with zero attached hydrogens (tertiary/aromatic N) is 2. The first-order valence-corrected chi connectivity index (χ1v) is 6.70. The van der Waals surface area contributed by atoms with Gasteiger partial charge in [-0.05, 0) is 36.6 Å². The Bertz CT molecular complexity index is 553. The van der Waals surface area contributed by atoms with Crippen LogP contribution in [0.5, 0.6) is 0 Å². The lowest BCUT2D eigenvalue weighted by Crippen LogP contribution is -2.26. The van der Waals surface area contributed by atoms with E-state index in [-0.39, 0.29) is 6.61 Å². The zero-order valence-electron chi connectivity index (χ0n) is 10.4. The van der Waals surface area contributed by atoms with Gasteiger partial charge in [-0.2, -0.15) is 0 Å². The van der Waals surface area contributed by atoms with E-state index in [0.717, 1.165) is 30.0 Å². The van der Waals surface area contributed by atoms with E-state index in [1.54, 1.807) is 18.5 Å². The van der Waals surface area contributed by atoms with Crippen molar-refractivity contribution in [2.24, 2.45) is 0 Å². The number of rotatable bonds is 5. The largest absolute Gasteiger partial charge is 0.467 e. The van der Waals surface area contributed by atoms with Crippen molar-refractivity contribution in [3.63, 3.8) is 0 Å². The van der Waals surface area contributed by atoms with Crippen LogP contribution >= 0.6 is 11.6 Å². The van der Waals surface area contributed by atoms with E-state index in [2.05, 4.69) is 9.88 Å². The molecule has 2 aromatic rings. The molecule has 0 atom stereocenters. The molecule has 0 saturated heterocycles. The summed E-state index contributed by atoms with van der Waals surface area (Å²) < 4.78 is 5.40. The minimum Gasteiger partial charge on any atom is -0.467 e. The van der Waals surface area contributed by atoms with Gasteiger partial charge in [-0.15, -0.1) is 0 Å². The van der Waals surface area contributed by atoms with E-state index < -0.39 is 0 Å². The van der Waals surface area contributed by atoms with Crippen LogP contribution < -0.4 is 4.90 Å². The molecule has 0 bridgehead atoms. The highest BCUT2D eigenvalue weighted by Gasteiger charge is 2.31. The van der Waals surface area contributed by atoms with Gasteiger partial charge in [0.25, 0.3) is 0 Å². The number of halogens is 1. The molecule has 1 N–H and O–H groups in total. The van der Waals surface area contributed by atoms with E-state index in [1.165, 1.54) is 0 Å². The molecule has 2 heterocycles. The quantitative estimate of drug-likeness (QED) is 0.913. The molecular formula is C14H15ClN2O2. The van der Waals surface area contributed by atoms with E-state index in [1.807, 2.05) is 12.1 Å². The highest BCUT2D eigenvalue weighted by Crippen LogP contribution is 2.35. The summed E-state index contributed by atoms with van der Waals surface area (Å²) in [5.74, 6) is 1.66. The van der Waals surface area contributed by atoms with Crippen molar-refractivity contribution in [1.82, 2.24) is 4.98 Å². The Morgan fingerprint density at radius 1 is 1.47 bits per heavy atom. The van der Waals surface area contributed by atoms with Gasteiger partial charge in [0.1, 0.15) is 11.6 Å². The van der Waals surface area contributed by atoms with Crippen molar-refractivity contribution in [1.29, 1.82) is 0 Å². The van der Waals surface area contributed by atoms with Crippen molar-refractivity contribution in [2.45, 2.75) is 32.0 Å². The van der Waals surface area contributed by atoms with Gasteiger partial charge in [0.15, 0.2) is 0 Å². The summed E-state index contributed by atoms with van der Waals surface area (Å²) >= 11 is 6.27. The molecule has 4 nitrogen and oxygen atoms in total. The molecule has 5 heteroatoms. The summed E-state index contributed by atoms with van der Waals surface area (Å²) in [5.41, 5.74) is 0.725. The summed E-state index contributed by atoms with van der Waals surface area (Å²) in [6.45, 7) is 0.622. The molecule has 1 fully saturated rings. The van der Waals surface area contributed by atoms with Crippen molar-refractivity contribution < 1.29 is 9.52 Å². The topological polar surface area (TPSA) is 49.5 Å². The first kappa shape index (κ1) is 12.5. The Kier molecular flexibility index (Phi) is 3.44. The molecule has 0 amide bonds. The van der Waals surface area contributed by atoms with Gasteiger partial charge in [-0.1, -0.05) is 11.6 Å². The zero-order chi connectivity index (χ0) is 13.2. The highest BCUT2D eigenvalue weighted by molar-refractivity contribution is 6.33. The molecule has 0 aliphatic heterocycles. The smallest absolute Gasteiger partial charge is 0.148 e. The third-order valence-corrected chi connectivity index (χ3v) is 3.51. The van der Waals surface area contributed by atoms with Crippen molar-refractivity contribution in [2.75, 3.05) is 4.90 Å². The monoisotopic (exact) mass is 278 g/mol. The fourth-order valence-corrected chi connectivity index (χ4v) is 2.40. The molecule has 1 aliphatic rings. The molecule has 0 radical (unpaired) electrons. The number of hydrogen-bond donors (Lipinski definition) is 1. The van der Waals surface area contributed by atoms with E-state index >= 15 is 0 Å². The summed E-state index contributed by atoms with van der Waals surface area (Å²) in [5, 5.41) is 9.67. The SMILES string of the molecule is OCc1cnc(N(Cc2ccco2)C2CC2)c(Cl)c1. The lowest BCUT2D eigenvalue weighted by Gasteiger charge is -2.23. The number of anilines is 1. The number of aromatic nitrogens is 1. The molecule has 19 heavy (non-hydrogen) atoms. The second kappa shape index (κ2) is 5.23. The van der Waals surface area contributed by atoms with Crippen LogP contribution in [0.4, 0.5) is 5.82 Å².